The zero-order valence-corrected chi connectivity index (χ0v) is 17.6. The van der Waals surface area contributed by atoms with Gasteiger partial charge in [-0.15, -0.1) is 0 Å². The van der Waals surface area contributed by atoms with Gasteiger partial charge in [-0.3, -0.25) is 14.2 Å². The third-order valence-electron chi connectivity index (χ3n) is 5.03. The number of aromatic nitrogens is 2. The summed E-state index contributed by atoms with van der Waals surface area (Å²) in [7, 11) is 0. The number of carbonyl (C=O) groups is 1. The smallest absolute Gasteiger partial charge is 0.263 e. The fourth-order valence-electron chi connectivity index (χ4n) is 3.37. The second kappa shape index (κ2) is 9.66. The van der Waals surface area contributed by atoms with Gasteiger partial charge in [-0.1, -0.05) is 78.9 Å². The van der Waals surface area contributed by atoms with E-state index < -0.39 is 11.9 Å². The van der Waals surface area contributed by atoms with Crippen LogP contribution in [-0.4, -0.2) is 21.7 Å². The summed E-state index contributed by atoms with van der Waals surface area (Å²) in [5.74, 6) is 0.0237. The minimum Gasteiger partial charge on any atom is -0.280 e. The number of rotatable bonds is 6. The average Bonchev–Trinajstić information content (AvgIpc) is 2.84. The number of hydrogen-bond donors (Lipinski definition) is 1. The fraction of sp³-hybridized carbons (Fsp3) is 0.0769. The number of fused-ring (bicyclic) bond motifs is 1. The number of allylic oxidation sites excluding steroid dienone is 1. The predicted octanol–water partition coefficient (Wildman–Crippen LogP) is 4.44. The van der Waals surface area contributed by atoms with E-state index in [1.807, 2.05) is 72.8 Å². The number of amides is 1. The SMILES string of the molecule is CC(C(=O)N/N=C/C=C/c1ccccc1)n1c(-c2ccccc2)nc2ccccc2c1=O. The molecule has 0 aliphatic rings. The minimum absolute atomic E-state index is 0.273. The molecule has 0 aliphatic heterocycles. The Balaban J connectivity index is 1.62. The van der Waals surface area contributed by atoms with Crippen LogP contribution in [0.3, 0.4) is 0 Å². The number of hydrazone groups is 1. The van der Waals surface area contributed by atoms with Gasteiger partial charge < -0.3 is 0 Å². The lowest BCUT2D eigenvalue weighted by Crippen LogP contribution is -2.35. The Hall–Kier alpha value is -4.32. The Kier molecular flexibility index (Phi) is 6.32. The second-order valence-electron chi connectivity index (χ2n) is 7.19. The highest BCUT2D eigenvalue weighted by molar-refractivity contribution is 5.85. The van der Waals surface area contributed by atoms with E-state index in [1.165, 1.54) is 10.8 Å². The van der Waals surface area contributed by atoms with Crippen molar-refractivity contribution in [2.45, 2.75) is 13.0 Å². The molecule has 0 saturated carbocycles. The van der Waals surface area contributed by atoms with Crippen molar-refractivity contribution < 1.29 is 4.79 Å². The van der Waals surface area contributed by atoms with Crippen LogP contribution >= 0.6 is 0 Å². The molecule has 0 bridgehead atoms. The van der Waals surface area contributed by atoms with Crippen LogP contribution in [0.1, 0.15) is 18.5 Å². The molecule has 4 aromatic rings. The van der Waals surface area contributed by atoms with Crippen molar-refractivity contribution in [1.29, 1.82) is 0 Å². The highest BCUT2D eigenvalue weighted by Gasteiger charge is 2.22. The van der Waals surface area contributed by atoms with Gasteiger partial charge in [-0.2, -0.15) is 5.10 Å². The molecule has 1 unspecified atom stereocenters. The number of para-hydroxylation sites is 1. The minimum atomic E-state index is -0.815. The van der Waals surface area contributed by atoms with E-state index in [4.69, 9.17) is 0 Å². The predicted molar refractivity (Wildman–Crippen MR) is 128 cm³/mol. The largest absolute Gasteiger partial charge is 0.280 e. The van der Waals surface area contributed by atoms with Crippen molar-refractivity contribution in [2.75, 3.05) is 0 Å². The Morgan fingerprint density at radius 1 is 0.969 bits per heavy atom. The van der Waals surface area contributed by atoms with Crippen LogP contribution in [-0.2, 0) is 4.79 Å². The zero-order valence-electron chi connectivity index (χ0n) is 17.6. The van der Waals surface area contributed by atoms with Crippen molar-refractivity contribution in [2.24, 2.45) is 5.10 Å². The molecule has 0 aliphatic carbocycles. The average molecular weight is 422 g/mol. The summed E-state index contributed by atoms with van der Waals surface area (Å²) in [6, 6.07) is 25.4. The van der Waals surface area contributed by atoms with E-state index >= 15 is 0 Å². The molecule has 158 valence electrons. The third kappa shape index (κ3) is 4.54. The van der Waals surface area contributed by atoms with E-state index in [9.17, 15) is 9.59 Å². The van der Waals surface area contributed by atoms with Crippen molar-refractivity contribution >= 4 is 29.1 Å². The van der Waals surface area contributed by atoms with Gasteiger partial charge in [-0.25, -0.2) is 10.4 Å². The quantitative estimate of drug-likeness (QED) is 0.369. The molecule has 0 radical (unpaired) electrons. The van der Waals surface area contributed by atoms with Gasteiger partial charge in [0.2, 0.25) is 0 Å². The van der Waals surface area contributed by atoms with Gasteiger partial charge in [0.1, 0.15) is 11.9 Å². The number of nitrogens with one attached hydrogen (secondary N) is 1. The standard InChI is InChI=1S/C26H22N4O2/c1-19(25(31)29-27-18-10-13-20-11-4-2-5-12-20)30-24(21-14-6-3-7-15-21)28-23-17-9-8-16-22(23)26(30)32/h2-19H,1H3,(H,29,31)/b13-10+,27-18+. The molecule has 6 nitrogen and oxygen atoms in total. The maximum Gasteiger partial charge on any atom is 0.263 e. The molecule has 3 aromatic carbocycles. The first-order valence-electron chi connectivity index (χ1n) is 10.3. The second-order valence-corrected chi connectivity index (χ2v) is 7.19. The molecule has 0 saturated heterocycles. The summed E-state index contributed by atoms with van der Waals surface area (Å²) in [5, 5.41) is 4.44. The molecule has 0 fully saturated rings. The molecule has 1 atom stereocenters. The molecule has 6 heteroatoms. The first-order chi connectivity index (χ1) is 15.6. The maximum atomic E-state index is 13.3. The number of nitrogens with zero attached hydrogens (tertiary/aromatic N) is 3. The van der Waals surface area contributed by atoms with E-state index in [1.54, 1.807) is 31.2 Å². The lowest BCUT2D eigenvalue weighted by molar-refractivity contribution is -0.123. The van der Waals surface area contributed by atoms with E-state index in [2.05, 4.69) is 15.5 Å². The third-order valence-corrected chi connectivity index (χ3v) is 5.03. The van der Waals surface area contributed by atoms with Crippen molar-refractivity contribution in [3.63, 3.8) is 0 Å². The van der Waals surface area contributed by atoms with Crippen molar-refractivity contribution in [3.8, 4) is 11.4 Å². The van der Waals surface area contributed by atoms with Gasteiger partial charge in [0.05, 0.1) is 10.9 Å². The van der Waals surface area contributed by atoms with Crippen LogP contribution < -0.4 is 11.0 Å². The lowest BCUT2D eigenvalue weighted by Gasteiger charge is -2.18. The van der Waals surface area contributed by atoms with Crippen molar-refractivity contribution in [3.05, 3.63) is 107 Å². The van der Waals surface area contributed by atoms with Gasteiger partial charge in [0, 0.05) is 11.8 Å². The van der Waals surface area contributed by atoms with Crippen LogP contribution in [0, 0.1) is 0 Å². The fourth-order valence-corrected chi connectivity index (χ4v) is 3.37. The van der Waals surface area contributed by atoms with Gasteiger partial charge in [0.15, 0.2) is 0 Å². The van der Waals surface area contributed by atoms with Crippen LogP contribution in [0.4, 0.5) is 0 Å². The molecule has 1 amide bonds. The van der Waals surface area contributed by atoms with E-state index in [0.29, 0.717) is 16.7 Å². The number of carbonyl (C=O) groups excluding carboxylic acids is 1. The summed E-state index contributed by atoms with van der Waals surface area (Å²) in [5.41, 5.74) is 4.61. The van der Waals surface area contributed by atoms with Crippen LogP contribution in [0.2, 0.25) is 0 Å². The summed E-state index contributed by atoms with van der Waals surface area (Å²) < 4.78 is 1.42. The molecule has 1 heterocycles. The molecular formula is C26H22N4O2. The Labute approximate surface area is 185 Å². The number of benzene rings is 3. The summed E-state index contributed by atoms with van der Waals surface area (Å²) >= 11 is 0. The van der Waals surface area contributed by atoms with Crippen molar-refractivity contribution in [1.82, 2.24) is 15.0 Å². The van der Waals surface area contributed by atoms with Crippen LogP contribution in [0.15, 0.2) is 101 Å². The normalized spacial score (nSPS) is 12.4. The molecule has 1 N–H and O–H groups in total. The first-order valence-corrected chi connectivity index (χ1v) is 10.3. The summed E-state index contributed by atoms with van der Waals surface area (Å²) in [6.07, 6.45) is 5.11. The molecule has 0 spiro atoms. The monoisotopic (exact) mass is 422 g/mol. The summed E-state index contributed by atoms with van der Waals surface area (Å²) in [6.45, 7) is 1.66. The molecule has 32 heavy (non-hydrogen) atoms. The molecular weight excluding hydrogens is 400 g/mol. The highest BCUT2D eigenvalue weighted by atomic mass is 16.2. The van der Waals surface area contributed by atoms with Gasteiger partial charge in [-0.05, 0) is 30.7 Å². The Bertz CT molecular complexity index is 1340. The summed E-state index contributed by atoms with van der Waals surface area (Å²) in [4.78, 5) is 30.8. The number of hydrogen-bond acceptors (Lipinski definition) is 4. The topological polar surface area (TPSA) is 76.3 Å². The Morgan fingerprint density at radius 3 is 2.38 bits per heavy atom. The maximum absolute atomic E-state index is 13.3. The van der Waals surface area contributed by atoms with Crippen LogP contribution in [0.5, 0.6) is 0 Å². The van der Waals surface area contributed by atoms with E-state index in [-0.39, 0.29) is 5.56 Å². The van der Waals surface area contributed by atoms with Gasteiger partial charge in [0.25, 0.3) is 11.5 Å². The van der Waals surface area contributed by atoms with E-state index in [0.717, 1.165) is 11.1 Å². The highest BCUT2D eigenvalue weighted by Crippen LogP contribution is 2.21. The molecule has 4 rings (SSSR count). The van der Waals surface area contributed by atoms with Crippen LogP contribution in [0.25, 0.3) is 28.4 Å². The van der Waals surface area contributed by atoms with Gasteiger partial charge >= 0.3 is 0 Å². The first kappa shape index (κ1) is 20.9. The zero-order chi connectivity index (χ0) is 22.3. The molecule has 1 aromatic heterocycles. The Morgan fingerprint density at radius 2 is 1.62 bits per heavy atom. The lowest BCUT2D eigenvalue weighted by atomic mass is 10.1.